The first-order valence-corrected chi connectivity index (χ1v) is 18.8. The fourth-order valence-corrected chi connectivity index (χ4v) is 6.33. The van der Waals surface area contributed by atoms with E-state index in [1.54, 1.807) is 58.7 Å². The van der Waals surface area contributed by atoms with E-state index in [-0.39, 0.29) is 55.6 Å². The van der Waals surface area contributed by atoms with Crippen molar-refractivity contribution < 1.29 is 37.8 Å². The van der Waals surface area contributed by atoms with Crippen LogP contribution in [0.2, 0.25) is 0 Å². The van der Waals surface area contributed by atoms with Crippen LogP contribution >= 0.6 is 0 Å². The smallest absolute Gasteiger partial charge is 0.410 e. The Bertz CT molecular complexity index is 2190. The predicted octanol–water partition coefficient (Wildman–Crippen LogP) is 4.98. The van der Waals surface area contributed by atoms with E-state index in [0.717, 1.165) is 5.56 Å². The van der Waals surface area contributed by atoms with Crippen molar-refractivity contribution in [2.75, 3.05) is 55.6 Å². The minimum Gasteiger partial charge on any atom is -0.481 e. The Balaban J connectivity index is 1.41. The predicted molar refractivity (Wildman–Crippen MR) is 210 cm³/mol. The van der Waals surface area contributed by atoms with Gasteiger partial charge in [0, 0.05) is 52.0 Å². The third-order valence-corrected chi connectivity index (χ3v) is 9.12. The van der Waals surface area contributed by atoms with Gasteiger partial charge in [0.15, 0.2) is 11.3 Å². The van der Waals surface area contributed by atoms with Crippen molar-refractivity contribution in [1.82, 2.24) is 24.5 Å². The molecule has 302 valence electrons. The lowest BCUT2D eigenvalue weighted by Crippen LogP contribution is -2.53. The number of carbonyl (C=O) groups is 4. The van der Waals surface area contributed by atoms with Gasteiger partial charge in [-0.25, -0.2) is 19.0 Å². The van der Waals surface area contributed by atoms with Crippen molar-refractivity contribution in [1.29, 1.82) is 0 Å². The molecule has 2 aliphatic rings. The second-order valence-electron chi connectivity index (χ2n) is 15.9. The van der Waals surface area contributed by atoms with Crippen LogP contribution in [0.5, 0.6) is 5.75 Å². The number of hydrogen-bond acceptors (Lipinski definition) is 10. The number of nitrogens with one attached hydrogen (secondary N) is 1. The number of piperazine rings is 2. The lowest BCUT2D eigenvalue weighted by atomic mass is 10.2. The van der Waals surface area contributed by atoms with Gasteiger partial charge >= 0.3 is 17.7 Å². The summed E-state index contributed by atoms with van der Waals surface area (Å²) in [7, 11) is 0. The number of nitrogens with zero attached hydrogens (tertiary/aromatic N) is 6. The Kier molecular flexibility index (Phi) is 11.7. The maximum atomic E-state index is 14.6. The fraction of sp³-hybridized carbons (Fsp3) is 0.415. The Morgan fingerprint density at radius 3 is 2.02 bits per heavy atom. The van der Waals surface area contributed by atoms with Crippen LogP contribution in [0.15, 0.2) is 71.7 Å². The molecule has 2 aliphatic heterocycles. The summed E-state index contributed by atoms with van der Waals surface area (Å²) in [4.78, 5) is 79.3. The largest absolute Gasteiger partial charge is 0.481 e. The zero-order valence-corrected chi connectivity index (χ0v) is 33.0. The first-order chi connectivity index (χ1) is 27.0. The molecule has 4 amide bonds. The number of anilines is 2. The van der Waals surface area contributed by atoms with Gasteiger partial charge in [-0.1, -0.05) is 42.5 Å². The van der Waals surface area contributed by atoms with Crippen molar-refractivity contribution >= 4 is 41.0 Å². The van der Waals surface area contributed by atoms with Gasteiger partial charge in [-0.05, 0) is 70.9 Å². The minimum atomic E-state index is -0.769. The first-order valence-electron chi connectivity index (χ1n) is 18.8. The molecule has 2 aromatic carbocycles. The van der Waals surface area contributed by atoms with Crippen LogP contribution in [0.25, 0.3) is 5.65 Å². The van der Waals surface area contributed by atoms with Gasteiger partial charge in [-0.2, -0.15) is 0 Å². The molecule has 2 fully saturated rings. The van der Waals surface area contributed by atoms with Crippen molar-refractivity contribution in [2.24, 2.45) is 0 Å². The zero-order chi connectivity index (χ0) is 41.1. The second-order valence-corrected chi connectivity index (χ2v) is 15.9. The van der Waals surface area contributed by atoms with Crippen molar-refractivity contribution in [3.63, 3.8) is 0 Å². The van der Waals surface area contributed by atoms with Crippen LogP contribution in [-0.4, -0.2) is 100 Å². The second kappa shape index (κ2) is 16.5. The fourth-order valence-electron chi connectivity index (χ4n) is 6.33. The monoisotopic (exact) mass is 785 g/mol. The number of rotatable bonds is 8. The SMILES string of the molecule is CC(C)(C)OC(=O)N1CCN(c2cc(N3CCN(C(=O)OC(C)(C)C)CC3=O)c3nc(C(=O)NCc4ccc(F)cc4)c(OCc4ccccc4)c(=O)n3c2)CC1. The number of aromatic nitrogens is 2. The van der Waals surface area contributed by atoms with Gasteiger partial charge in [0.25, 0.3) is 5.91 Å². The van der Waals surface area contributed by atoms with Gasteiger partial charge in [0.05, 0.1) is 11.4 Å². The summed E-state index contributed by atoms with van der Waals surface area (Å²) < 4.78 is 32.0. The molecule has 57 heavy (non-hydrogen) atoms. The molecule has 0 saturated carbocycles. The van der Waals surface area contributed by atoms with Crippen LogP contribution in [-0.2, 0) is 27.4 Å². The topological polar surface area (TPSA) is 155 Å². The molecule has 1 N–H and O–H groups in total. The molecular formula is C41H48FN7O8. The van der Waals surface area contributed by atoms with Crippen LogP contribution in [0.3, 0.4) is 0 Å². The van der Waals surface area contributed by atoms with Crippen LogP contribution in [0.1, 0.15) is 63.2 Å². The van der Waals surface area contributed by atoms with Crippen molar-refractivity contribution in [3.05, 3.63) is 99.9 Å². The molecule has 0 unspecified atom stereocenters. The van der Waals surface area contributed by atoms with Gasteiger partial charge in [-0.3, -0.25) is 23.7 Å². The summed E-state index contributed by atoms with van der Waals surface area (Å²) in [6, 6.07) is 16.4. The van der Waals surface area contributed by atoms with E-state index in [4.69, 9.17) is 19.2 Å². The maximum Gasteiger partial charge on any atom is 0.410 e. The summed E-state index contributed by atoms with van der Waals surface area (Å²) in [5.41, 5.74) is -0.290. The molecule has 0 radical (unpaired) electrons. The number of hydrogen-bond donors (Lipinski definition) is 1. The standard InChI is InChI=1S/C41H48FN7O8/c1-40(2,3)56-38(53)46-18-16-45(17-19-46)30-22-31(48-21-20-47(25-32(48)50)39(54)57-41(4,5)6)35-44-33(36(51)43-23-27-12-14-29(42)15-13-27)34(37(52)49(35)24-30)55-26-28-10-8-7-9-11-28/h7-15,22,24H,16-21,23,25-26H2,1-6H3,(H,43,51). The molecule has 4 aromatic rings. The lowest BCUT2D eigenvalue weighted by molar-refractivity contribution is -0.121. The molecule has 6 rings (SSSR count). The molecule has 0 atom stereocenters. The highest BCUT2D eigenvalue weighted by molar-refractivity contribution is 6.01. The van der Waals surface area contributed by atoms with E-state index < -0.39 is 46.6 Å². The first kappa shape index (κ1) is 40.5. The van der Waals surface area contributed by atoms with Crippen LogP contribution < -0.4 is 25.4 Å². The number of fused-ring (bicyclic) bond motifs is 1. The van der Waals surface area contributed by atoms with Gasteiger partial charge < -0.3 is 34.2 Å². The van der Waals surface area contributed by atoms with Gasteiger partial charge in [0.1, 0.15) is 30.2 Å². The third kappa shape index (κ3) is 9.98. The number of carbonyl (C=O) groups excluding carboxylic acids is 4. The molecule has 2 saturated heterocycles. The van der Waals surface area contributed by atoms with E-state index >= 15 is 0 Å². The molecule has 4 heterocycles. The zero-order valence-electron chi connectivity index (χ0n) is 33.0. The summed E-state index contributed by atoms with van der Waals surface area (Å²) in [6.45, 7) is 11.9. The third-order valence-electron chi connectivity index (χ3n) is 9.12. The lowest BCUT2D eigenvalue weighted by Gasteiger charge is -2.38. The molecule has 15 nitrogen and oxygen atoms in total. The van der Waals surface area contributed by atoms with Crippen molar-refractivity contribution in [2.45, 2.75) is 65.9 Å². The van der Waals surface area contributed by atoms with Crippen LogP contribution in [0, 0.1) is 5.82 Å². The average molecular weight is 786 g/mol. The molecule has 0 bridgehead atoms. The quantitative estimate of drug-likeness (QED) is 0.259. The number of pyridine rings is 1. The molecule has 0 aliphatic carbocycles. The molecule has 16 heteroatoms. The van der Waals surface area contributed by atoms with E-state index in [1.807, 2.05) is 35.2 Å². The Hall–Kier alpha value is -6.19. The maximum absolute atomic E-state index is 14.6. The number of benzene rings is 2. The summed E-state index contributed by atoms with van der Waals surface area (Å²) >= 11 is 0. The summed E-state index contributed by atoms with van der Waals surface area (Å²) in [5.74, 6) is -1.92. The molecule has 2 aromatic heterocycles. The minimum absolute atomic E-state index is 0.00443. The Morgan fingerprint density at radius 2 is 1.40 bits per heavy atom. The van der Waals surface area contributed by atoms with E-state index in [9.17, 15) is 28.4 Å². The summed E-state index contributed by atoms with van der Waals surface area (Å²) in [6.07, 6.45) is 0.515. The van der Waals surface area contributed by atoms with E-state index in [2.05, 4.69) is 5.32 Å². The number of halogens is 1. The van der Waals surface area contributed by atoms with Crippen molar-refractivity contribution in [3.8, 4) is 5.75 Å². The average Bonchev–Trinajstić information content (AvgIpc) is 3.16. The van der Waals surface area contributed by atoms with Crippen LogP contribution in [0.4, 0.5) is 25.4 Å². The van der Waals surface area contributed by atoms with Gasteiger partial charge in [-0.15, -0.1) is 0 Å². The highest BCUT2D eigenvalue weighted by Crippen LogP contribution is 2.31. The normalized spacial score (nSPS) is 15.1. The Labute approximate surface area is 329 Å². The number of amides is 4. The highest BCUT2D eigenvalue weighted by Gasteiger charge is 2.34. The van der Waals surface area contributed by atoms with E-state index in [0.29, 0.717) is 37.4 Å². The molecule has 0 spiro atoms. The molecular weight excluding hydrogens is 737 g/mol. The van der Waals surface area contributed by atoms with Gasteiger partial charge in [0.2, 0.25) is 11.7 Å². The number of ether oxygens (including phenoxy) is 3. The Morgan fingerprint density at radius 1 is 0.789 bits per heavy atom. The summed E-state index contributed by atoms with van der Waals surface area (Å²) in [5, 5.41) is 2.76. The highest BCUT2D eigenvalue weighted by atomic mass is 19.1. The van der Waals surface area contributed by atoms with E-state index in [1.165, 1.54) is 38.5 Å².